The van der Waals surface area contributed by atoms with E-state index in [0.29, 0.717) is 0 Å². The van der Waals surface area contributed by atoms with Crippen LogP contribution in [0, 0.1) is 27.7 Å². The highest BCUT2D eigenvalue weighted by Gasteiger charge is 2.20. The van der Waals surface area contributed by atoms with Gasteiger partial charge in [-0.25, -0.2) is 5.43 Å². The number of hydrogen-bond acceptors (Lipinski definition) is 5. The Morgan fingerprint density at radius 2 is 1.78 bits per heavy atom. The molecule has 0 amide bonds. The Balaban J connectivity index is 2.52. The second kappa shape index (κ2) is 5.14. The summed E-state index contributed by atoms with van der Waals surface area (Å²) < 4.78 is 3.98. The second-order valence-electron chi connectivity index (χ2n) is 4.62. The zero-order valence-electron chi connectivity index (χ0n) is 11.1. The van der Waals surface area contributed by atoms with Gasteiger partial charge in [-0.3, -0.25) is 5.84 Å². The summed E-state index contributed by atoms with van der Waals surface area (Å²) in [5, 5.41) is 4.05. The van der Waals surface area contributed by atoms with Gasteiger partial charge in [0.2, 0.25) is 0 Å². The summed E-state index contributed by atoms with van der Waals surface area (Å²) >= 11 is 1.39. The molecule has 0 aliphatic rings. The Bertz CT molecular complexity index is 562. The molecule has 1 atom stereocenters. The van der Waals surface area contributed by atoms with E-state index in [0.717, 1.165) is 10.6 Å². The van der Waals surface area contributed by atoms with Crippen LogP contribution in [0.4, 0.5) is 0 Å². The third-order valence-electron chi connectivity index (χ3n) is 3.31. The number of nitrogens with one attached hydrogen (secondary N) is 1. The van der Waals surface area contributed by atoms with Crippen molar-refractivity contribution in [3.05, 3.63) is 45.0 Å². The molecule has 0 radical (unpaired) electrons. The van der Waals surface area contributed by atoms with E-state index >= 15 is 0 Å². The number of rotatable bonds is 3. The van der Waals surface area contributed by atoms with Crippen LogP contribution < -0.4 is 11.3 Å². The van der Waals surface area contributed by atoms with Crippen LogP contribution in [0.5, 0.6) is 0 Å². The van der Waals surface area contributed by atoms with Gasteiger partial charge in [-0.05, 0) is 61.5 Å². The van der Waals surface area contributed by atoms with E-state index in [9.17, 15) is 0 Å². The van der Waals surface area contributed by atoms with Crippen molar-refractivity contribution in [3.63, 3.8) is 0 Å². The second-order valence-corrected chi connectivity index (χ2v) is 5.40. The maximum absolute atomic E-state index is 5.72. The molecule has 0 saturated heterocycles. The van der Waals surface area contributed by atoms with E-state index in [1.54, 1.807) is 0 Å². The van der Waals surface area contributed by atoms with Crippen LogP contribution >= 0.6 is 11.5 Å². The Kier molecular flexibility index (Phi) is 3.75. The van der Waals surface area contributed by atoms with Crippen molar-refractivity contribution in [3.8, 4) is 0 Å². The molecule has 2 aromatic rings. The lowest BCUT2D eigenvalue weighted by Gasteiger charge is -2.19. The summed E-state index contributed by atoms with van der Waals surface area (Å²) in [5.41, 5.74) is 8.80. The lowest BCUT2D eigenvalue weighted by Crippen LogP contribution is -2.29. The molecule has 0 aliphatic heterocycles. The van der Waals surface area contributed by atoms with Crippen molar-refractivity contribution in [2.24, 2.45) is 5.84 Å². The van der Waals surface area contributed by atoms with Gasteiger partial charge >= 0.3 is 0 Å². The van der Waals surface area contributed by atoms with Gasteiger partial charge in [0.25, 0.3) is 0 Å². The number of benzene rings is 1. The minimum atomic E-state index is -0.0377. The average Bonchev–Trinajstić information content (AvgIpc) is 2.73. The summed E-state index contributed by atoms with van der Waals surface area (Å²) in [6, 6.07) is 4.34. The Hall–Kier alpha value is -1.30. The first-order valence-electron chi connectivity index (χ1n) is 5.87. The molecule has 3 N–H and O–H groups in total. The van der Waals surface area contributed by atoms with Crippen LogP contribution in [-0.4, -0.2) is 9.59 Å². The van der Waals surface area contributed by atoms with Crippen LogP contribution in [0.25, 0.3) is 0 Å². The molecule has 0 aliphatic carbocycles. The average molecular weight is 262 g/mol. The molecule has 4 nitrogen and oxygen atoms in total. The zero-order valence-corrected chi connectivity index (χ0v) is 11.9. The summed E-state index contributed by atoms with van der Waals surface area (Å²) in [5.74, 6) is 5.72. The molecule has 1 unspecified atom stereocenters. The molecule has 0 fully saturated rings. The van der Waals surface area contributed by atoms with E-state index < -0.39 is 0 Å². The van der Waals surface area contributed by atoms with Gasteiger partial charge in [-0.2, -0.15) is 0 Å². The first-order valence-corrected chi connectivity index (χ1v) is 6.64. The number of hydrazine groups is 1. The lowest BCUT2D eigenvalue weighted by molar-refractivity contribution is 0.638. The lowest BCUT2D eigenvalue weighted by atomic mass is 9.95. The van der Waals surface area contributed by atoms with Crippen LogP contribution in [0.2, 0.25) is 0 Å². The molecule has 0 spiro atoms. The van der Waals surface area contributed by atoms with E-state index in [1.165, 1.54) is 33.8 Å². The number of aromatic nitrogens is 2. The van der Waals surface area contributed by atoms with E-state index in [-0.39, 0.29) is 6.04 Å². The molecule has 18 heavy (non-hydrogen) atoms. The molecular formula is C13H18N4S. The van der Waals surface area contributed by atoms with Gasteiger partial charge in [-0.15, -0.1) is 5.10 Å². The maximum atomic E-state index is 5.72. The predicted octanol–water partition coefficient (Wildman–Crippen LogP) is 2.32. The fourth-order valence-corrected chi connectivity index (χ4v) is 2.83. The van der Waals surface area contributed by atoms with Crippen LogP contribution in [0.15, 0.2) is 12.1 Å². The van der Waals surface area contributed by atoms with Crippen molar-refractivity contribution >= 4 is 11.5 Å². The minimum absolute atomic E-state index is 0.0377. The topological polar surface area (TPSA) is 63.8 Å². The van der Waals surface area contributed by atoms with Crippen molar-refractivity contribution in [1.29, 1.82) is 0 Å². The highest BCUT2D eigenvalue weighted by atomic mass is 32.1. The predicted molar refractivity (Wildman–Crippen MR) is 74.5 cm³/mol. The van der Waals surface area contributed by atoms with Crippen LogP contribution in [-0.2, 0) is 0 Å². The summed E-state index contributed by atoms with van der Waals surface area (Å²) in [6.07, 6.45) is 0. The van der Waals surface area contributed by atoms with E-state index in [4.69, 9.17) is 5.84 Å². The van der Waals surface area contributed by atoms with Crippen molar-refractivity contribution in [2.75, 3.05) is 0 Å². The van der Waals surface area contributed by atoms with Crippen molar-refractivity contribution in [1.82, 2.24) is 15.0 Å². The van der Waals surface area contributed by atoms with Gasteiger partial charge in [-0.1, -0.05) is 16.6 Å². The third kappa shape index (κ3) is 2.29. The highest BCUT2D eigenvalue weighted by molar-refractivity contribution is 7.05. The number of hydrogen-bond donors (Lipinski definition) is 2. The molecule has 1 heterocycles. The summed E-state index contributed by atoms with van der Waals surface area (Å²) in [4.78, 5) is 1.07. The maximum Gasteiger partial charge on any atom is 0.0840 e. The molecule has 1 aromatic carbocycles. The van der Waals surface area contributed by atoms with Gasteiger partial charge in [0.1, 0.15) is 0 Å². The number of nitrogens with zero attached hydrogens (tertiary/aromatic N) is 2. The Morgan fingerprint density at radius 3 is 2.33 bits per heavy atom. The molecule has 5 heteroatoms. The minimum Gasteiger partial charge on any atom is -0.271 e. The number of nitrogens with two attached hydrogens (primary N) is 1. The fourth-order valence-electron chi connectivity index (χ4n) is 2.10. The summed E-state index contributed by atoms with van der Waals surface area (Å²) in [7, 11) is 0. The van der Waals surface area contributed by atoms with Crippen LogP contribution in [0.3, 0.4) is 0 Å². The number of aryl methyl sites for hydroxylation is 4. The zero-order chi connectivity index (χ0) is 13.3. The first kappa shape index (κ1) is 13.1. The van der Waals surface area contributed by atoms with Crippen molar-refractivity contribution < 1.29 is 0 Å². The largest absolute Gasteiger partial charge is 0.271 e. The normalized spacial score (nSPS) is 12.7. The fraction of sp³-hybridized carbons (Fsp3) is 0.385. The quantitative estimate of drug-likeness (QED) is 0.658. The van der Waals surface area contributed by atoms with Gasteiger partial charge in [0.15, 0.2) is 0 Å². The van der Waals surface area contributed by atoms with Gasteiger partial charge in [0.05, 0.1) is 16.6 Å². The van der Waals surface area contributed by atoms with E-state index in [1.807, 2.05) is 6.92 Å². The summed E-state index contributed by atoms with van der Waals surface area (Å²) in [6.45, 7) is 8.30. The molecular weight excluding hydrogens is 244 g/mol. The first-order chi connectivity index (χ1) is 8.54. The third-order valence-corrected chi connectivity index (χ3v) is 4.20. The van der Waals surface area contributed by atoms with Crippen LogP contribution in [0.1, 0.15) is 38.9 Å². The van der Waals surface area contributed by atoms with Crippen molar-refractivity contribution in [2.45, 2.75) is 33.7 Å². The smallest absolute Gasteiger partial charge is 0.0840 e. The standard InChI is InChI=1S/C13H18N4S/c1-7-5-9(3)11(6-8(7)2)12(15-14)13-10(4)16-17-18-13/h5-6,12,15H,14H2,1-4H3. The molecule has 1 aromatic heterocycles. The van der Waals surface area contributed by atoms with Gasteiger partial charge < -0.3 is 0 Å². The SMILES string of the molecule is Cc1cc(C)c(C(NN)c2snnc2C)cc1C. The highest BCUT2D eigenvalue weighted by Crippen LogP contribution is 2.29. The van der Waals surface area contributed by atoms with Gasteiger partial charge in [0, 0.05) is 0 Å². The molecule has 0 saturated carbocycles. The molecule has 0 bridgehead atoms. The molecule has 2 rings (SSSR count). The monoisotopic (exact) mass is 262 g/mol. The van der Waals surface area contributed by atoms with E-state index in [2.05, 4.69) is 47.9 Å². The Labute approximate surface area is 111 Å². The molecule has 96 valence electrons. The Morgan fingerprint density at radius 1 is 1.11 bits per heavy atom.